The summed E-state index contributed by atoms with van der Waals surface area (Å²) in [7, 11) is 0. The summed E-state index contributed by atoms with van der Waals surface area (Å²) in [6.45, 7) is 6.20. The molecular formula is C15H22ClN3O2. The van der Waals surface area contributed by atoms with Gasteiger partial charge in [0, 0.05) is 29.8 Å². The van der Waals surface area contributed by atoms with Gasteiger partial charge in [-0.3, -0.25) is 9.69 Å². The van der Waals surface area contributed by atoms with Gasteiger partial charge in [-0.15, -0.1) is 0 Å². The summed E-state index contributed by atoms with van der Waals surface area (Å²) in [5, 5.41) is 3.59. The summed E-state index contributed by atoms with van der Waals surface area (Å²) in [6, 6.07) is 5.23. The number of anilines is 1. The van der Waals surface area contributed by atoms with Crippen molar-refractivity contribution in [1.82, 2.24) is 10.2 Å². The number of nitrogens with one attached hydrogen (secondary N) is 1. The zero-order valence-electron chi connectivity index (χ0n) is 12.4. The molecule has 1 unspecified atom stereocenters. The van der Waals surface area contributed by atoms with E-state index in [1.807, 2.05) is 19.9 Å². The first kappa shape index (κ1) is 16.1. The smallest absolute Gasteiger partial charge is 0.239 e. The van der Waals surface area contributed by atoms with E-state index < -0.39 is 0 Å². The molecule has 6 heteroatoms. The number of morpholine rings is 1. The molecule has 1 amide bonds. The normalized spacial score (nSPS) is 19.7. The van der Waals surface area contributed by atoms with Gasteiger partial charge in [-0.25, -0.2) is 0 Å². The third-order valence-electron chi connectivity index (χ3n) is 3.45. The Morgan fingerprint density at radius 1 is 1.57 bits per heavy atom. The summed E-state index contributed by atoms with van der Waals surface area (Å²) < 4.78 is 5.45. The lowest BCUT2D eigenvalue weighted by molar-refractivity contribution is -0.133. The zero-order valence-corrected chi connectivity index (χ0v) is 13.2. The van der Waals surface area contributed by atoms with Crippen molar-refractivity contribution in [3.63, 3.8) is 0 Å². The number of carbonyl (C=O) groups excluding carboxylic acids is 1. The summed E-state index contributed by atoms with van der Waals surface area (Å²) in [5.41, 5.74) is 7.62. The van der Waals surface area contributed by atoms with Crippen molar-refractivity contribution < 1.29 is 9.53 Å². The molecule has 0 spiro atoms. The predicted molar refractivity (Wildman–Crippen MR) is 84.2 cm³/mol. The maximum Gasteiger partial charge on any atom is 0.239 e. The van der Waals surface area contributed by atoms with E-state index in [1.165, 1.54) is 0 Å². The van der Waals surface area contributed by atoms with Gasteiger partial charge in [-0.2, -0.15) is 0 Å². The van der Waals surface area contributed by atoms with Crippen molar-refractivity contribution in [3.05, 3.63) is 28.8 Å². The zero-order chi connectivity index (χ0) is 15.4. The molecule has 1 heterocycles. The van der Waals surface area contributed by atoms with Crippen LogP contribution in [-0.4, -0.2) is 42.6 Å². The lowest BCUT2D eigenvalue weighted by Crippen LogP contribution is -2.54. The first-order valence-corrected chi connectivity index (χ1v) is 7.51. The minimum atomic E-state index is -0.292. The third kappa shape index (κ3) is 4.33. The highest BCUT2D eigenvalue weighted by Gasteiger charge is 2.30. The number of carbonyl (C=O) groups is 1. The monoisotopic (exact) mass is 311 g/mol. The lowest BCUT2D eigenvalue weighted by atomic mass is 10.1. The maximum absolute atomic E-state index is 12.3. The van der Waals surface area contributed by atoms with Gasteiger partial charge in [0.25, 0.3) is 0 Å². The summed E-state index contributed by atoms with van der Waals surface area (Å²) >= 11 is 6.02. The molecule has 1 aromatic carbocycles. The lowest BCUT2D eigenvalue weighted by Gasteiger charge is -2.35. The van der Waals surface area contributed by atoms with Crippen LogP contribution in [0.3, 0.4) is 0 Å². The Labute approximate surface area is 130 Å². The second-order valence-electron chi connectivity index (χ2n) is 5.57. The maximum atomic E-state index is 12.3. The van der Waals surface area contributed by atoms with Crippen LogP contribution in [0.25, 0.3) is 0 Å². The van der Waals surface area contributed by atoms with Gasteiger partial charge in [0.15, 0.2) is 0 Å². The van der Waals surface area contributed by atoms with Crippen LogP contribution in [-0.2, 0) is 16.1 Å². The molecule has 1 aliphatic rings. The fourth-order valence-corrected chi connectivity index (χ4v) is 2.57. The second-order valence-corrected chi connectivity index (χ2v) is 6.00. The number of benzene rings is 1. The van der Waals surface area contributed by atoms with Crippen LogP contribution in [0.5, 0.6) is 0 Å². The van der Waals surface area contributed by atoms with Crippen molar-refractivity contribution in [2.75, 3.05) is 25.5 Å². The van der Waals surface area contributed by atoms with E-state index in [4.69, 9.17) is 22.1 Å². The highest BCUT2D eigenvalue weighted by molar-refractivity contribution is 6.30. The molecule has 0 aliphatic carbocycles. The number of halogens is 1. The number of nitrogens with two attached hydrogens (primary N) is 1. The van der Waals surface area contributed by atoms with E-state index in [-0.39, 0.29) is 18.0 Å². The first-order chi connectivity index (χ1) is 9.97. The van der Waals surface area contributed by atoms with Crippen molar-refractivity contribution in [1.29, 1.82) is 0 Å². The number of rotatable bonds is 4. The molecule has 1 saturated heterocycles. The molecule has 1 atom stereocenters. The minimum Gasteiger partial charge on any atom is -0.398 e. The Morgan fingerprint density at radius 3 is 3.05 bits per heavy atom. The van der Waals surface area contributed by atoms with Gasteiger partial charge in [-0.05, 0) is 37.6 Å². The van der Waals surface area contributed by atoms with E-state index >= 15 is 0 Å². The summed E-state index contributed by atoms with van der Waals surface area (Å²) in [4.78, 5) is 14.4. The fraction of sp³-hybridized carbons (Fsp3) is 0.533. The van der Waals surface area contributed by atoms with Gasteiger partial charge in [0.2, 0.25) is 5.91 Å². The number of hydrogen-bond donors (Lipinski definition) is 2. The number of ether oxygens (including phenoxy) is 1. The van der Waals surface area contributed by atoms with Gasteiger partial charge < -0.3 is 15.8 Å². The SMILES string of the molecule is CC(C)NC(=O)C1COCCN1Cc1cc(Cl)ccc1N. The summed E-state index contributed by atoms with van der Waals surface area (Å²) in [5.74, 6) is -0.00898. The molecule has 2 rings (SSSR count). The standard InChI is InChI=1S/C15H22ClN3O2/c1-10(2)18-15(20)14-9-21-6-5-19(14)8-11-7-12(16)3-4-13(11)17/h3-4,7,10,14H,5-6,8-9,17H2,1-2H3,(H,18,20). The van der Waals surface area contributed by atoms with Crippen LogP contribution in [0, 0.1) is 0 Å². The largest absolute Gasteiger partial charge is 0.398 e. The number of amides is 1. The highest BCUT2D eigenvalue weighted by Crippen LogP contribution is 2.21. The average molecular weight is 312 g/mol. The molecule has 0 radical (unpaired) electrons. The number of hydrogen-bond acceptors (Lipinski definition) is 4. The van der Waals surface area contributed by atoms with Crippen molar-refractivity contribution in [2.45, 2.75) is 32.5 Å². The Hall–Kier alpha value is -1.30. The number of nitrogen functional groups attached to an aromatic ring is 1. The van der Waals surface area contributed by atoms with Crippen molar-refractivity contribution in [2.24, 2.45) is 0 Å². The predicted octanol–water partition coefficient (Wildman–Crippen LogP) is 1.65. The number of nitrogens with zero attached hydrogens (tertiary/aromatic N) is 1. The third-order valence-corrected chi connectivity index (χ3v) is 3.69. The second kappa shape index (κ2) is 7.11. The van der Waals surface area contributed by atoms with Crippen LogP contribution in [0.2, 0.25) is 5.02 Å². The molecular weight excluding hydrogens is 290 g/mol. The first-order valence-electron chi connectivity index (χ1n) is 7.13. The van der Waals surface area contributed by atoms with Crippen LogP contribution in [0.4, 0.5) is 5.69 Å². The quantitative estimate of drug-likeness (QED) is 0.830. The topological polar surface area (TPSA) is 67.6 Å². The van der Waals surface area contributed by atoms with Gasteiger partial charge in [0.1, 0.15) is 6.04 Å². The Kier molecular flexibility index (Phi) is 5.45. The van der Waals surface area contributed by atoms with E-state index in [0.29, 0.717) is 37.0 Å². The van der Waals surface area contributed by atoms with Crippen LogP contribution >= 0.6 is 11.6 Å². The van der Waals surface area contributed by atoms with Crippen LogP contribution in [0.15, 0.2) is 18.2 Å². The fourth-order valence-electron chi connectivity index (χ4n) is 2.38. The van der Waals surface area contributed by atoms with Gasteiger partial charge >= 0.3 is 0 Å². The summed E-state index contributed by atoms with van der Waals surface area (Å²) in [6.07, 6.45) is 0. The molecule has 116 valence electrons. The average Bonchev–Trinajstić information content (AvgIpc) is 2.42. The van der Waals surface area contributed by atoms with E-state index in [9.17, 15) is 4.79 Å². The molecule has 0 saturated carbocycles. The van der Waals surface area contributed by atoms with E-state index in [1.54, 1.807) is 12.1 Å². The van der Waals surface area contributed by atoms with Gasteiger partial charge in [-0.1, -0.05) is 11.6 Å². The minimum absolute atomic E-state index is 0.00898. The molecule has 21 heavy (non-hydrogen) atoms. The van der Waals surface area contributed by atoms with E-state index in [2.05, 4.69) is 10.2 Å². The molecule has 1 aromatic rings. The Bertz CT molecular complexity index is 508. The van der Waals surface area contributed by atoms with Gasteiger partial charge in [0.05, 0.1) is 13.2 Å². The van der Waals surface area contributed by atoms with Crippen LogP contribution in [0.1, 0.15) is 19.4 Å². The molecule has 3 N–H and O–H groups in total. The molecule has 1 fully saturated rings. The molecule has 0 aromatic heterocycles. The van der Waals surface area contributed by atoms with Crippen molar-refractivity contribution >= 4 is 23.2 Å². The molecule has 1 aliphatic heterocycles. The molecule has 0 bridgehead atoms. The van der Waals surface area contributed by atoms with Crippen molar-refractivity contribution in [3.8, 4) is 0 Å². The highest BCUT2D eigenvalue weighted by atomic mass is 35.5. The van der Waals surface area contributed by atoms with E-state index in [0.717, 1.165) is 5.56 Å². The van der Waals surface area contributed by atoms with Crippen LogP contribution < -0.4 is 11.1 Å². The Morgan fingerprint density at radius 2 is 2.33 bits per heavy atom. The molecule has 5 nitrogen and oxygen atoms in total. The Balaban J connectivity index is 2.11.